The van der Waals surface area contributed by atoms with Gasteiger partial charge in [0, 0.05) is 24.6 Å². The molecule has 0 aliphatic carbocycles. The molecule has 0 aliphatic rings. The van der Waals surface area contributed by atoms with Crippen LogP contribution in [-0.2, 0) is 24.1 Å². The van der Waals surface area contributed by atoms with Crippen LogP contribution in [0.3, 0.4) is 0 Å². The first-order valence-corrected chi connectivity index (χ1v) is 11.1. The Hall–Kier alpha value is -4.06. The van der Waals surface area contributed by atoms with Crippen molar-refractivity contribution in [3.05, 3.63) is 87.0 Å². The highest BCUT2D eigenvalue weighted by molar-refractivity contribution is 7.20. The van der Waals surface area contributed by atoms with Gasteiger partial charge in [0.25, 0.3) is 11.5 Å². The molecule has 1 aromatic carbocycles. The van der Waals surface area contributed by atoms with E-state index in [-0.39, 0.29) is 23.5 Å². The SMILES string of the molecule is Cc1c(C(=O)NCc2cccnc2)sc2ncn(CC(=O)Nc3cccc(C(F)(F)F)c3)c(=O)c12. The fourth-order valence-corrected chi connectivity index (χ4v) is 4.44. The van der Waals surface area contributed by atoms with Crippen LogP contribution in [0.5, 0.6) is 0 Å². The van der Waals surface area contributed by atoms with Crippen molar-refractivity contribution in [2.45, 2.75) is 26.2 Å². The van der Waals surface area contributed by atoms with E-state index < -0.39 is 29.8 Å². The summed E-state index contributed by atoms with van der Waals surface area (Å²) in [6.45, 7) is 1.41. The van der Waals surface area contributed by atoms with Crippen molar-refractivity contribution in [1.82, 2.24) is 19.9 Å². The summed E-state index contributed by atoms with van der Waals surface area (Å²) in [4.78, 5) is 46.9. The Labute approximate surface area is 200 Å². The number of rotatable bonds is 6. The molecule has 0 unspecified atom stereocenters. The average molecular weight is 501 g/mol. The van der Waals surface area contributed by atoms with Crippen LogP contribution in [-0.4, -0.2) is 26.3 Å². The molecule has 3 heterocycles. The zero-order chi connectivity index (χ0) is 25.2. The number of anilines is 1. The van der Waals surface area contributed by atoms with Gasteiger partial charge in [0.05, 0.1) is 22.2 Å². The predicted molar refractivity (Wildman–Crippen MR) is 124 cm³/mol. The van der Waals surface area contributed by atoms with Gasteiger partial charge in [0.2, 0.25) is 5.91 Å². The van der Waals surface area contributed by atoms with E-state index in [0.29, 0.717) is 15.3 Å². The smallest absolute Gasteiger partial charge is 0.347 e. The lowest BCUT2D eigenvalue weighted by Crippen LogP contribution is -2.28. The van der Waals surface area contributed by atoms with Gasteiger partial charge in [-0.25, -0.2) is 4.98 Å². The number of aromatic nitrogens is 3. The number of aryl methyl sites for hydroxylation is 1. The lowest BCUT2D eigenvalue weighted by atomic mass is 10.2. The zero-order valence-corrected chi connectivity index (χ0v) is 19.0. The summed E-state index contributed by atoms with van der Waals surface area (Å²) in [5.41, 5.74) is -0.245. The number of hydrogen-bond acceptors (Lipinski definition) is 6. The summed E-state index contributed by atoms with van der Waals surface area (Å²) in [7, 11) is 0. The number of nitrogens with one attached hydrogen (secondary N) is 2. The third-order valence-corrected chi connectivity index (χ3v) is 6.29. The summed E-state index contributed by atoms with van der Waals surface area (Å²) in [5.74, 6) is -1.07. The molecule has 0 bridgehead atoms. The minimum Gasteiger partial charge on any atom is -0.347 e. The number of pyridine rings is 1. The number of carbonyl (C=O) groups excluding carboxylic acids is 2. The molecule has 8 nitrogen and oxygen atoms in total. The third-order valence-electron chi connectivity index (χ3n) is 5.09. The molecule has 0 saturated carbocycles. The van der Waals surface area contributed by atoms with E-state index in [9.17, 15) is 27.6 Å². The third kappa shape index (κ3) is 5.38. The fraction of sp³-hybridized carbons (Fsp3) is 0.174. The number of thiophene rings is 1. The van der Waals surface area contributed by atoms with E-state index >= 15 is 0 Å². The van der Waals surface area contributed by atoms with Crippen LogP contribution in [0.1, 0.15) is 26.4 Å². The Morgan fingerprint density at radius 1 is 1.17 bits per heavy atom. The van der Waals surface area contributed by atoms with E-state index in [4.69, 9.17) is 0 Å². The minimum absolute atomic E-state index is 0.0498. The van der Waals surface area contributed by atoms with Crippen molar-refractivity contribution in [3.8, 4) is 0 Å². The number of amides is 2. The van der Waals surface area contributed by atoms with E-state index in [2.05, 4.69) is 20.6 Å². The summed E-state index contributed by atoms with van der Waals surface area (Å²) in [6, 6.07) is 7.76. The number of nitrogens with zero attached hydrogens (tertiary/aromatic N) is 3. The Morgan fingerprint density at radius 2 is 1.97 bits per heavy atom. The van der Waals surface area contributed by atoms with Crippen LogP contribution in [0.4, 0.5) is 18.9 Å². The van der Waals surface area contributed by atoms with Crippen molar-refractivity contribution in [2.24, 2.45) is 0 Å². The Bertz CT molecular complexity index is 1470. The van der Waals surface area contributed by atoms with Gasteiger partial charge in [-0.1, -0.05) is 12.1 Å². The standard InChI is InChI=1S/C23H18F3N5O3S/c1-13-18-21(35-19(13)20(33)28-10-14-4-3-7-27-9-14)29-12-31(22(18)34)11-17(32)30-16-6-2-5-15(8-16)23(24,25)26/h2-9,12H,10-11H2,1H3,(H,28,33)(H,30,32). The van der Waals surface area contributed by atoms with E-state index in [1.54, 1.807) is 25.4 Å². The lowest BCUT2D eigenvalue weighted by molar-refractivity contribution is -0.137. The molecule has 2 N–H and O–H groups in total. The van der Waals surface area contributed by atoms with Gasteiger partial charge in [0.1, 0.15) is 11.4 Å². The molecule has 35 heavy (non-hydrogen) atoms. The number of hydrogen-bond donors (Lipinski definition) is 2. The van der Waals surface area contributed by atoms with Gasteiger partial charge in [-0.05, 0) is 42.3 Å². The second-order valence-electron chi connectivity index (χ2n) is 7.58. The molecule has 3 aromatic heterocycles. The Balaban J connectivity index is 1.51. The molecule has 4 rings (SSSR count). The van der Waals surface area contributed by atoms with Gasteiger partial charge in [-0.15, -0.1) is 11.3 Å². The molecule has 2 amide bonds. The maximum Gasteiger partial charge on any atom is 0.416 e. The Kier molecular flexibility index (Phi) is 6.65. The average Bonchev–Trinajstić information content (AvgIpc) is 3.16. The number of carbonyl (C=O) groups is 2. The second kappa shape index (κ2) is 9.66. The normalized spacial score (nSPS) is 11.4. The lowest BCUT2D eigenvalue weighted by Gasteiger charge is -2.10. The highest BCUT2D eigenvalue weighted by Crippen LogP contribution is 2.30. The zero-order valence-electron chi connectivity index (χ0n) is 18.2. The quantitative estimate of drug-likeness (QED) is 0.419. The fourth-order valence-electron chi connectivity index (χ4n) is 3.38. The predicted octanol–water partition coefficient (Wildman–Crippen LogP) is 3.75. The van der Waals surface area contributed by atoms with Crippen molar-refractivity contribution in [2.75, 3.05) is 5.32 Å². The number of halogens is 3. The van der Waals surface area contributed by atoms with Crippen LogP contribution in [0.25, 0.3) is 10.2 Å². The number of benzene rings is 1. The van der Waals surface area contributed by atoms with Crippen LogP contribution >= 0.6 is 11.3 Å². The maximum absolute atomic E-state index is 13.0. The highest BCUT2D eigenvalue weighted by Gasteiger charge is 2.30. The van der Waals surface area contributed by atoms with Crippen molar-refractivity contribution in [1.29, 1.82) is 0 Å². The monoisotopic (exact) mass is 501 g/mol. The minimum atomic E-state index is -4.55. The van der Waals surface area contributed by atoms with Crippen molar-refractivity contribution >= 4 is 39.1 Å². The number of fused-ring (bicyclic) bond motifs is 1. The molecule has 4 aromatic rings. The molecule has 0 aliphatic heterocycles. The summed E-state index contributed by atoms with van der Waals surface area (Å²) in [6.07, 6.45) is -0.129. The maximum atomic E-state index is 13.0. The molecule has 0 fully saturated rings. The van der Waals surface area contributed by atoms with Crippen LogP contribution in [0.2, 0.25) is 0 Å². The molecular formula is C23H18F3N5O3S. The second-order valence-corrected chi connectivity index (χ2v) is 8.58. The topological polar surface area (TPSA) is 106 Å². The molecule has 180 valence electrons. The largest absolute Gasteiger partial charge is 0.416 e. The first-order chi connectivity index (χ1) is 16.6. The summed E-state index contributed by atoms with van der Waals surface area (Å²) < 4.78 is 39.7. The van der Waals surface area contributed by atoms with Gasteiger partial charge >= 0.3 is 6.18 Å². The van der Waals surface area contributed by atoms with Crippen LogP contribution < -0.4 is 16.2 Å². The first-order valence-electron chi connectivity index (χ1n) is 10.3. The van der Waals surface area contributed by atoms with Gasteiger partial charge < -0.3 is 10.6 Å². The molecule has 0 radical (unpaired) electrons. The van der Waals surface area contributed by atoms with Crippen molar-refractivity contribution in [3.63, 3.8) is 0 Å². The van der Waals surface area contributed by atoms with Crippen LogP contribution in [0, 0.1) is 6.92 Å². The van der Waals surface area contributed by atoms with Crippen molar-refractivity contribution < 1.29 is 22.8 Å². The van der Waals surface area contributed by atoms with E-state index in [1.165, 1.54) is 18.5 Å². The molecule has 0 atom stereocenters. The van der Waals surface area contributed by atoms with E-state index in [0.717, 1.165) is 33.6 Å². The molecule has 0 saturated heterocycles. The molecular weight excluding hydrogens is 483 g/mol. The molecule has 0 spiro atoms. The van der Waals surface area contributed by atoms with E-state index in [1.807, 2.05) is 6.07 Å². The molecule has 12 heteroatoms. The van der Waals surface area contributed by atoms with Crippen LogP contribution in [0.15, 0.2) is 59.9 Å². The summed E-state index contributed by atoms with van der Waals surface area (Å²) in [5, 5.41) is 5.34. The van der Waals surface area contributed by atoms with Gasteiger partial charge in [-0.3, -0.25) is 23.9 Å². The summed E-state index contributed by atoms with van der Waals surface area (Å²) >= 11 is 1.06. The highest BCUT2D eigenvalue weighted by atomic mass is 32.1. The first kappa shape index (κ1) is 24.1. The number of alkyl halides is 3. The van der Waals surface area contributed by atoms with Gasteiger partial charge in [-0.2, -0.15) is 13.2 Å². The Morgan fingerprint density at radius 3 is 2.69 bits per heavy atom. The van der Waals surface area contributed by atoms with Gasteiger partial charge in [0.15, 0.2) is 0 Å².